The van der Waals surface area contributed by atoms with Crippen molar-refractivity contribution in [3.05, 3.63) is 18.0 Å². The number of hydrogen-bond acceptors (Lipinski definition) is 2. The van der Waals surface area contributed by atoms with Crippen LogP contribution in [0.1, 0.15) is 45.1 Å². The minimum atomic E-state index is 0.567. The minimum Gasteiger partial charge on any atom is -0.313 e. The maximum atomic E-state index is 4.23. The Labute approximate surface area is 105 Å². The van der Waals surface area contributed by atoms with E-state index in [4.69, 9.17) is 0 Å². The maximum absolute atomic E-state index is 4.23. The second kappa shape index (κ2) is 5.21. The molecule has 17 heavy (non-hydrogen) atoms. The van der Waals surface area contributed by atoms with Crippen LogP contribution in [0.2, 0.25) is 0 Å². The number of aromatic nitrogens is 2. The molecule has 0 bridgehead atoms. The average molecular weight is 235 g/mol. The van der Waals surface area contributed by atoms with Crippen LogP contribution in [-0.4, -0.2) is 22.4 Å². The van der Waals surface area contributed by atoms with Crippen LogP contribution in [0.15, 0.2) is 12.4 Å². The zero-order valence-electron chi connectivity index (χ0n) is 11.4. The highest BCUT2D eigenvalue weighted by molar-refractivity contribution is 5.06. The van der Waals surface area contributed by atoms with Crippen LogP contribution in [-0.2, 0) is 13.5 Å². The Balaban J connectivity index is 1.85. The number of rotatable bonds is 7. The molecule has 1 aliphatic rings. The van der Waals surface area contributed by atoms with Gasteiger partial charge >= 0.3 is 0 Å². The van der Waals surface area contributed by atoms with Crippen molar-refractivity contribution in [2.24, 2.45) is 12.5 Å². The Kier molecular flexibility index (Phi) is 3.87. The van der Waals surface area contributed by atoms with Gasteiger partial charge in [0.25, 0.3) is 0 Å². The Morgan fingerprint density at radius 2 is 2.29 bits per heavy atom. The molecule has 1 fully saturated rings. The highest BCUT2D eigenvalue weighted by atomic mass is 15.2. The summed E-state index contributed by atoms with van der Waals surface area (Å²) in [5.74, 6) is 0. The zero-order chi connectivity index (χ0) is 12.3. The molecule has 0 saturated heterocycles. The van der Waals surface area contributed by atoms with E-state index >= 15 is 0 Å². The van der Waals surface area contributed by atoms with Gasteiger partial charge in [-0.25, -0.2) is 0 Å². The van der Waals surface area contributed by atoms with Crippen molar-refractivity contribution < 1.29 is 0 Å². The first-order valence-electron chi connectivity index (χ1n) is 6.85. The molecule has 0 radical (unpaired) electrons. The largest absolute Gasteiger partial charge is 0.313 e. The third-order valence-corrected chi connectivity index (χ3v) is 4.00. The molecule has 1 aromatic rings. The standard InChI is InChI=1S/C14H25N3/c1-4-9-15-13(14(2)7-8-14)6-5-12-10-16-17(3)11-12/h10-11,13,15H,4-9H2,1-3H3. The zero-order valence-corrected chi connectivity index (χ0v) is 11.4. The fourth-order valence-corrected chi connectivity index (χ4v) is 2.47. The summed E-state index contributed by atoms with van der Waals surface area (Å²) in [4.78, 5) is 0. The second-order valence-corrected chi connectivity index (χ2v) is 5.72. The van der Waals surface area contributed by atoms with Crippen molar-refractivity contribution in [1.82, 2.24) is 15.1 Å². The molecular weight excluding hydrogens is 210 g/mol. The van der Waals surface area contributed by atoms with Crippen LogP contribution in [0.25, 0.3) is 0 Å². The van der Waals surface area contributed by atoms with E-state index < -0.39 is 0 Å². The molecule has 1 saturated carbocycles. The topological polar surface area (TPSA) is 29.9 Å². The molecular formula is C14H25N3. The van der Waals surface area contributed by atoms with Crippen molar-refractivity contribution in [2.75, 3.05) is 6.54 Å². The molecule has 1 aromatic heterocycles. The van der Waals surface area contributed by atoms with Crippen LogP contribution >= 0.6 is 0 Å². The molecule has 1 unspecified atom stereocenters. The van der Waals surface area contributed by atoms with Crippen molar-refractivity contribution in [3.8, 4) is 0 Å². The first-order valence-corrected chi connectivity index (χ1v) is 6.85. The molecule has 0 spiro atoms. The van der Waals surface area contributed by atoms with Crippen molar-refractivity contribution >= 4 is 0 Å². The highest BCUT2D eigenvalue weighted by Crippen LogP contribution is 2.49. The van der Waals surface area contributed by atoms with Crippen LogP contribution in [0.3, 0.4) is 0 Å². The van der Waals surface area contributed by atoms with Crippen molar-refractivity contribution in [2.45, 2.75) is 52.0 Å². The summed E-state index contributed by atoms with van der Waals surface area (Å²) in [6.45, 7) is 5.80. The van der Waals surface area contributed by atoms with Gasteiger partial charge in [-0.3, -0.25) is 4.68 Å². The monoisotopic (exact) mass is 235 g/mol. The van der Waals surface area contributed by atoms with Gasteiger partial charge in [-0.05, 0) is 49.6 Å². The van der Waals surface area contributed by atoms with Gasteiger partial charge in [0.2, 0.25) is 0 Å². The number of nitrogens with one attached hydrogen (secondary N) is 1. The quantitative estimate of drug-likeness (QED) is 0.787. The van der Waals surface area contributed by atoms with E-state index in [9.17, 15) is 0 Å². The molecule has 1 aliphatic carbocycles. The normalized spacial score (nSPS) is 19.2. The predicted octanol–water partition coefficient (Wildman–Crippen LogP) is 2.52. The minimum absolute atomic E-state index is 0.567. The average Bonchev–Trinajstić information content (AvgIpc) is 2.90. The van der Waals surface area contributed by atoms with E-state index in [2.05, 4.69) is 30.5 Å². The molecule has 0 aliphatic heterocycles. The predicted molar refractivity (Wildman–Crippen MR) is 71.0 cm³/mol. The summed E-state index contributed by atoms with van der Waals surface area (Å²) >= 11 is 0. The number of nitrogens with zero attached hydrogens (tertiary/aromatic N) is 2. The Morgan fingerprint density at radius 1 is 1.53 bits per heavy atom. The summed E-state index contributed by atoms with van der Waals surface area (Å²) < 4.78 is 1.89. The third kappa shape index (κ3) is 3.32. The molecule has 1 N–H and O–H groups in total. The van der Waals surface area contributed by atoms with Crippen LogP contribution in [0.5, 0.6) is 0 Å². The summed E-state index contributed by atoms with van der Waals surface area (Å²) in [6, 6.07) is 0.683. The fraction of sp³-hybridized carbons (Fsp3) is 0.786. The summed E-state index contributed by atoms with van der Waals surface area (Å²) in [5, 5.41) is 7.95. The van der Waals surface area contributed by atoms with Crippen molar-refractivity contribution in [3.63, 3.8) is 0 Å². The molecule has 3 heteroatoms. The molecule has 3 nitrogen and oxygen atoms in total. The lowest BCUT2D eigenvalue weighted by atomic mass is 9.93. The SMILES string of the molecule is CCCNC(CCc1cnn(C)c1)C1(C)CC1. The van der Waals surface area contributed by atoms with E-state index in [-0.39, 0.29) is 0 Å². The second-order valence-electron chi connectivity index (χ2n) is 5.72. The molecule has 0 aromatic carbocycles. The van der Waals surface area contributed by atoms with E-state index in [1.807, 2.05) is 17.9 Å². The lowest BCUT2D eigenvalue weighted by molar-refractivity contribution is 0.338. The number of aryl methyl sites for hydroxylation is 2. The van der Waals surface area contributed by atoms with Crippen LogP contribution in [0.4, 0.5) is 0 Å². The fourth-order valence-electron chi connectivity index (χ4n) is 2.47. The maximum Gasteiger partial charge on any atom is 0.0521 e. The Bertz CT molecular complexity index is 352. The van der Waals surface area contributed by atoms with Gasteiger partial charge in [0.05, 0.1) is 6.20 Å². The molecule has 1 atom stereocenters. The van der Waals surface area contributed by atoms with Gasteiger partial charge < -0.3 is 5.32 Å². The third-order valence-electron chi connectivity index (χ3n) is 4.00. The molecule has 96 valence electrons. The van der Waals surface area contributed by atoms with Crippen LogP contribution < -0.4 is 5.32 Å². The van der Waals surface area contributed by atoms with Gasteiger partial charge in [0.15, 0.2) is 0 Å². The van der Waals surface area contributed by atoms with Crippen molar-refractivity contribution in [1.29, 1.82) is 0 Å². The Morgan fingerprint density at radius 3 is 2.82 bits per heavy atom. The highest BCUT2D eigenvalue weighted by Gasteiger charge is 2.43. The van der Waals surface area contributed by atoms with Gasteiger partial charge in [0.1, 0.15) is 0 Å². The lowest BCUT2D eigenvalue weighted by Crippen LogP contribution is -2.37. The smallest absolute Gasteiger partial charge is 0.0521 e. The van der Waals surface area contributed by atoms with E-state index in [0.717, 1.165) is 13.0 Å². The van der Waals surface area contributed by atoms with E-state index in [0.29, 0.717) is 11.5 Å². The summed E-state index contributed by atoms with van der Waals surface area (Å²) in [6.07, 6.45) is 10.5. The molecule has 2 rings (SSSR count). The lowest BCUT2D eigenvalue weighted by Gasteiger charge is -2.24. The van der Waals surface area contributed by atoms with Gasteiger partial charge in [-0.15, -0.1) is 0 Å². The van der Waals surface area contributed by atoms with E-state index in [1.54, 1.807) is 0 Å². The Hall–Kier alpha value is -0.830. The molecule has 1 heterocycles. The van der Waals surface area contributed by atoms with Gasteiger partial charge in [-0.2, -0.15) is 5.10 Å². The van der Waals surface area contributed by atoms with Gasteiger partial charge in [-0.1, -0.05) is 13.8 Å². The van der Waals surface area contributed by atoms with E-state index in [1.165, 1.54) is 31.2 Å². The van der Waals surface area contributed by atoms with Gasteiger partial charge in [0, 0.05) is 19.3 Å². The number of hydrogen-bond donors (Lipinski definition) is 1. The van der Waals surface area contributed by atoms with Crippen LogP contribution in [0, 0.1) is 5.41 Å². The first-order chi connectivity index (χ1) is 8.14. The first kappa shape index (κ1) is 12.6. The molecule has 0 amide bonds. The summed E-state index contributed by atoms with van der Waals surface area (Å²) in [7, 11) is 1.98. The summed E-state index contributed by atoms with van der Waals surface area (Å²) in [5.41, 5.74) is 1.93.